The summed E-state index contributed by atoms with van der Waals surface area (Å²) in [5.41, 5.74) is -2.46. The third-order valence-corrected chi connectivity index (χ3v) is 4.78. The number of alkyl halides is 3. The Morgan fingerprint density at radius 3 is 2.50 bits per heavy atom. The molecule has 2 aromatic heterocycles. The number of hydrogen-bond acceptors (Lipinski definition) is 4. The van der Waals surface area contributed by atoms with Crippen molar-refractivity contribution < 1.29 is 22.4 Å². The van der Waals surface area contributed by atoms with Gasteiger partial charge in [0, 0.05) is 35.9 Å². The van der Waals surface area contributed by atoms with Crippen LogP contribution in [0.5, 0.6) is 0 Å². The van der Waals surface area contributed by atoms with E-state index in [2.05, 4.69) is 32.1 Å². The summed E-state index contributed by atoms with van der Waals surface area (Å²) in [7, 11) is 0. The number of hydrogen-bond donors (Lipinski definition) is 2. The van der Waals surface area contributed by atoms with E-state index in [1.165, 1.54) is 12.3 Å². The average Bonchev–Trinajstić information content (AvgIpc) is 2.77. The van der Waals surface area contributed by atoms with Crippen molar-refractivity contribution >= 4 is 5.91 Å². The molecule has 0 bridgehead atoms. The number of benzene rings is 1. The van der Waals surface area contributed by atoms with Crippen molar-refractivity contribution in [2.24, 2.45) is 5.92 Å². The van der Waals surface area contributed by atoms with Crippen LogP contribution in [0.1, 0.15) is 37.5 Å². The highest BCUT2D eigenvalue weighted by atomic mass is 19.4. The van der Waals surface area contributed by atoms with Gasteiger partial charge < -0.3 is 10.3 Å². The zero-order chi connectivity index (χ0) is 25.0. The summed E-state index contributed by atoms with van der Waals surface area (Å²) < 4.78 is 56.5. The van der Waals surface area contributed by atoms with Gasteiger partial charge in [-0.15, -0.1) is 5.92 Å². The van der Waals surface area contributed by atoms with E-state index in [0.717, 1.165) is 12.1 Å². The summed E-state index contributed by atoms with van der Waals surface area (Å²) in [6, 6.07) is 5.80. The molecule has 0 saturated heterocycles. The van der Waals surface area contributed by atoms with Crippen LogP contribution in [0.3, 0.4) is 0 Å². The van der Waals surface area contributed by atoms with Gasteiger partial charge in [-0.05, 0) is 25.1 Å². The van der Waals surface area contributed by atoms with E-state index in [4.69, 9.17) is 0 Å². The van der Waals surface area contributed by atoms with Crippen LogP contribution in [-0.2, 0) is 17.5 Å². The van der Waals surface area contributed by atoms with E-state index >= 15 is 4.39 Å². The molecule has 0 aliphatic rings. The molecule has 1 aromatic carbocycles. The van der Waals surface area contributed by atoms with Gasteiger partial charge in [0.15, 0.2) is 0 Å². The molecule has 1 amide bonds. The normalized spacial score (nSPS) is 11.2. The average molecular weight is 472 g/mol. The highest BCUT2D eigenvalue weighted by molar-refractivity contribution is 5.78. The van der Waals surface area contributed by atoms with Crippen LogP contribution in [0.15, 0.2) is 41.3 Å². The van der Waals surface area contributed by atoms with Crippen molar-refractivity contribution in [1.29, 1.82) is 0 Å². The zero-order valence-corrected chi connectivity index (χ0v) is 18.5. The Bertz CT molecular complexity index is 1330. The lowest BCUT2D eigenvalue weighted by atomic mass is 10.0. The van der Waals surface area contributed by atoms with Gasteiger partial charge in [-0.1, -0.05) is 25.8 Å². The van der Waals surface area contributed by atoms with Crippen LogP contribution in [0.2, 0.25) is 0 Å². The summed E-state index contributed by atoms with van der Waals surface area (Å²) >= 11 is 0. The van der Waals surface area contributed by atoms with E-state index in [1.807, 2.05) is 0 Å². The van der Waals surface area contributed by atoms with Crippen LogP contribution in [-0.4, -0.2) is 20.9 Å². The number of aromatic amines is 1. The molecule has 0 saturated carbocycles. The topological polar surface area (TPSA) is 87.7 Å². The number of pyridine rings is 1. The van der Waals surface area contributed by atoms with Crippen LogP contribution in [0.25, 0.3) is 22.8 Å². The minimum atomic E-state index is -4.93. The molecule has 0 unspecified atom stereocenters. The predicted octanol–water partition coefficient (Wildman–Crippen LogP) is 4.30. The maximum Gasteiger partial charge on any atom is 0.417 e. The summed E-state index contributed by atoms with van der Waals surface area (Å²) in [6.07, 6.45) is -3.50. The molecule has 0 radical (unpaired) electrons. The number of H-pyrrole nitrogens is 1. The lowest BCUT2D eigenvalue weighted by Crippen LogP contribution is -2.27. The number of nitrogens with one attached hydrogen (secondary N) is 2. The molecule has 34 heavy (non-hydrogen) atoms. The van der Waals surface area contributed by atoms with Crippen molar-refractivity contribution in [2.45, 2.75) is 33.5 Å². The lowest BCUT2D eigenvalue weighted by Gasteiger charge is -2.17. The van der Waals surface area contributed by atoms with Crippen molar-refractivity contribution in [3.05, 3.63) is 69.4 Å². The van der Waals surface area contributed by atoms with Crippen molar-refractivity contribution in [3.63, 3.8) is 0 Å². The van der Waals surface area contributed by atoms with Gasteiger partial charge in [0.25, 0.3) is 5.56 Å². The van der Waals surface area contributed by atoms with Crippen molar-refractivity contribution in [2.75, 3.05) is 0 Å². The Labute approximate surface area is 192 Å². The largest absolute Gasteiger partial charge is 0.417 e. The fourth-order valence-corrected chi connectivity index (χ4v) is 3.08. The molecule has 0 aliphatic carbocycles. The Morgan fingerprint density at radius 1 is 1.18 bits per heavy atom. The van der Waals surface area contributed by atoms with E-state index in [9.17, 15) is 22.8 Å². The lowest BCUT2D eigenvalue weighted by molar-refractivity contribution is -0.137. The first kappa shape index (κ1) is 24.6. The number of halogens is 4. The quantitative estimate of drug-likeness (QED) is 0.428. The van der Waals surface area contributed by atoms with Gasteiger partial charge in [-0.25, -0.2) is 9.37 Å². The van der Waals surface area contributed by atoms with Gasteiger partial charge >= 0.3 is 6.18 Å². The number of carbonyl (C=O) groups excluding carboxylic acids is 1. The standard InChI is InChI=1S/C24H20F4N4O2/c1-4-5-14-6-9-17(29-11-14)18-10-19(33)32-22(31-18)20-16(24(26,27)28)8-7-15(21(20)25)12-30-23(34)13(2)3/h6-11,13H,12H2,1-3H3,(H,30,34)(H,31,32,33). The highest BCUT2D eigenvalue weighted by Crippen LogP contribution is 2.38. The molecule has 3 aromatic rings. The van der Waals surface area contributed by atoms with Gasteiger partial charge in [-0.2, -0.15) is 13.2 Å². The van der Waals surface area contributed by atoms with Gasteiger partial charge in [-0.3, -0.25) is 14.6 Å². The second kappa shape index (κ2) is 9.87. The van der Waals surface area contributed by atoms with Crippen LogP contribution in [0.4, 0.5) is 17.6 Å². The SMILES string of the molecule is CC#Cc1ccc(-c2cc(=O)[nH]c(-c3c(C(F)(F)F)ccc(CNC(=O)C(C)C)c3F)n2)nc1. The maximum atomic E-state index is 15.4. The molecule has 6 nitrogen and oxygen atoms in total. The predicted molar refractivity (Wildman–Crippen MR) is 118 cm³/mol. The first-order valence-electron chi connectivity index (χ1n) is 10.2. The van der Waals surface area contributed by atoms with E-state index in [-0.39, 0.29) is 23.5 Å². The second-order valence-corrected chi connectivity index (χ2v) is 7.62. The highest BCUT2D eigenvalue weighted by Gasteiger charge is 2.36. The first-order chi connectivity index (χ1) is 16.0. The third kappa shape index (κ3) is 5.49. The molecule has 2 N–H and O–H groups in total. The molecule has 176 valence electrons. The molecule has 3 rings (SSSR count). The minimum Gasteiger partial charge on any atom is -0.352 e. The van der Waals surface area contributed by atoms with Gasteiger partial charge in [0.1, 0.15) is 11.6 Å². The molecular formula is C24H20F4N4O2. The fourth-order valence-electron chi connectivity index (χ4n) is 3.08. The number of rotatable bonds is 5. The first-order valence-corrected chi connectivity index (χ1v) is 10.2. The molecule has 2 heterocycles. The minimum absolute atomic E-state index is 0.0409. The maximum absolute atomic E-state index is 15.4. The smallest absolute Gasteiger partial charge is 0.352 e. The Morgan fingerprint density at radius 2 is 1.91 bits per heavy atom. The molecule has 0 atom stereocenters. The fraction of sp³-hybridized carbons (Fsp3) is 0.250. The number of carbonyl (C=O) groups is 1. The van der Waals surface area contributed by atoms with Gasteiger partial charge in [0.2, 0.25) is 5.91 Å². The number of aromatic nitrogens is 3. The Balaban J connectivity index is 2.14. The molecular weight excluding hydrogens is 452 g/mol. The molecule has 0 spiro atoms. The van der Waals surface area contributed by atoms with Crippen molar-refractivity contribution in [1.82, 2.24) is 20.3 Å². The van der Waals surface area contributed by atoms with Gasteiger partial charge in [0.05, 0.1) is 22.5 Å². The van der Waals surface area contributed by atoms with E-state index in [0.29, 0.717) is 11.6 Å². The van der Waals surface area contributed by atoms with E-state index < -0.39 is 46.3 Å². The monoisotopic (exact) mass is 472 g/mol. The van der Waals surface area contributed by atoms with Crippen LogP contribution in [0, 0.1) is 23.6 Å². The molecule has 0 aliphatic heterocycles. The molecule has 10 heteroatoms. The summed E-state index contributed by atoms with van der Waals surface area (Å²) in [4.78, 5) is 34.5. The third-order valence-electron chi connectivity index (χ3n) is 4.78. The Kier molecular flexibility index (Phi) is 7.15. The number of amides is 1. The number of nitrogens with zero attached hydrogens (tertiary/aromatic N) is 2. The summed E-state index contributed by atoms with van der Waals surface area (Å²) in [5.74, 6) is 2.85. The summed E-state index contributed by atoms with van der Waals surface area (Å²) in [5, 5.41) is 2.47. The van der Waals surface area contributed by atoms with Crippen LogP contribution >= 0.6 is 0 Å². The van der Waals surface area contributed by atoms with Crippen molar-refractivity contribution in [3.8, 4) is 34.6 Å². The van der Waals surface area contributed by atoms with E-state index in [1.54, 1.807) is 26.8 Å². The van der Waals surface area contributed by atoms with Crippen LogP contribution < -0.4 is 10.9 Å². The zero-order valence-electron chi connectivity index (χ0n) is 18.5. The summed E-state index contributed by atoms with van der Waals surface area (Å²) in [6.45, 7) is 4.56. The molecule has 0 fully saturated rings. The second-order valence-electron chi connectivity index (χ2n) is 7.62. The Hall–Kier alpha value is -4.00.